The van der Waals surface area contributed by atoms with Gasteiger partial charge in [0, 0.05) is 12.6 Å². The molecule has 0 radical (unpaired) electrons. The van der Waals surface area contributed by atoms with Crippen LogP contribution in [0.5, 0.6) is 0 Å². The van der Waals surface area contributed by atoms with Gasteiger partial charge >= 0.3 is 6.03 Å². The Morgan fingerprint density at radius 1 is 1.05 bits per heavy atom. The van der Waals surface area contributed by atoms with Crippen molar-refractivity contribution in [2.24, 2.45) is 11.8 Å². The maximum absolute atomic E-state index is 11.9. The number of hydrogen-bond donors (Lipinski definition) is 2. The zero-order valence-electron chi connectivity index (χ0n) is 12.5. The molecule has 2 saturated carbocycles. The molecule has 1 heterocycles. The number of sulfone groups is 1. The fraction of sp³-hybridized carbons (Fsp3) is 0.933. The Morgan fingerprint density at radius 2 is 1.81 bits per heavy atom. The van der Waals surface area contributed by atoms with Gasteiger partial charge in [0.25, 0.3) is 0 Å². The maximum atomic E-state index is 11.9. The van der Waals surface area contributed by atoms with Crippen molar-refractivity contribution in [1.82, 2.24) is 10.6 Å². The Balaban J connectivity index is 1.37. The van der Waals surface area contributed by atoms with E-state index in [0.717, 1.165) is 18.8 Å². The predicted molar refractivity (Wildman–Crippen MR) is 81.8 cm³/mol. The summed E-state index contributed by atoms with van der Waals surface area (Å²) in [7, 11) is -2.97. The third kappa shape index (κ3) is 3.71. The van der Waals surface area contributed by atoms with Crippen LogP contribution in [-0.2, 0) is 9.84 Å². The third-order valence-electron chi connectivity index (χ3n) is 5.36. The lowest BCUT2D eigenvalue weighted by molar-refractivity contribution is 0.238. The second-order valence-electron chi connectivity index (χ2n) is 6.89. The van der Waals surface area contributed by atoms with E-state index in [2.05, 4.69) is 10.6 Å². The van der Waals surface area contributed by atoms with Gasteiger partial charge in [-0.3, -0.25) is 0 Å². The molecule has 120 valence electrons. The normalized spacial score (nSPS) is 35.3. The topological polar surface area (TPSA) is 75.3 Å². The second kappa shape index (κ2) is 6.15. The van der Waals surface area contributed by atoms with Crippen LogP contribution in [0.4, 0.5) is 4.79 Å². The lowest BCUT2D eigenvalue weighted by atomic mass is 9.85. The Bertz CT molecular complexity index is 485. The molecule has 5 nitrogen and oxygen atoms in total. The quantitative estimate of drug-likeness (QED) is 0.831. The molecular weight excluding hydrogens is 288 g/mol. The summed E-state index contributed by atoms with van der Waals surface area (Å²) in [6.45, 7) is 0.259. The zero-order valence-corrected chi connectivity index (χ0v) is 13.3. The molecule has 1 saturated heterocycles. The first-order chi connectivity index (χ1) is 10.1. The van der Waals surface area contributed by atoms with Gasteiger partial charge in [-0.05, 0) is 31.1 Å². The minimum Gasteiger partial charge on any atom is -0.337 e. The van der Waals surface area contributed by atoms with Crippen molar-refractivity contribution in [3.05, 3.63) is 0 Å². The fourth-order valence-electron chi connectivity index (χ4n) is 3.98. The number of carbonyl (C=O) groups excluding carboxylic acids is 1. The van der Waals surface area contributed by atoms with E-state index in [-0.39, 0.29) is 23.6 Å². The molecule has 0 bridgehead atoms. The average molecular weight is 314 g/mol. The summed E-state index contributed by atoms with van der Waals surface area (Å²) in [6, 6.07) is 0.119. The van der Waals surface area contributed by atoms with Crippen molar-refractivity contribution in [3.8, 4) is 0 Å². The predicted octanol–water partition coefficient (Wildman–Crippen LogP) is 1.83. The SMILES string of the molecule is O=C(NCC1CCCS1(=O)=O)NC1CC1C1CCCCC1. The maximum Gasteiger partial charge on any atom is 0.315 e. The summed E-state index contributed by atoms with van der Waals surface area (Å²) in [4.78, 5) is 11.9. The summed E-state index contributed by atoms with van der Waals surface area (Å²) in [5.74, 6) is 1.72. The van der Waals surface area contributed by atoms with Crippen molar-refractivity contribution in [1.29, 1.82) is 0 Å². The molecule has 2 amide bonds. The van der Waals surface area contributed by atoms with Crippen LogP contribution < -0.4 is 10.6 Å². The first-order valence-electron chi connectivity index (χ1n) is 8.32. The molecule has 1 aliphatic heterocycles. The number of amides is 2. The van der Waals surface area contributed by atoms with E-state index in [1.54, 1.807) is 0 Å². The summed E-state index contributed by atoms with van der Waals surface area (Å²) in [6.07, 6.45) is 9.14. The molecule has 3 aliphatic rings. The third-order valence-corrected chi connectivity index (χ3v) is 7.64. The van der Waals surface area contributed by atoms with Crippen LogP contribution in [0.1, 0.15) is 51.4 Å². The van der Waals surface area contributed by atoms with Gasteiger partial charge in [0.15, 0.2) is 9.84 Å². The molecule has 2 N–H and O–H groups in total. The highest BCUT2D eigenvalue weighted by atomic mass is 32.2. The number of nitrogens with one attached hydrogen (secondary N) is 2. The van der Waals surface area contributed by atoms with E-state index >= 15 is 0 Å². The van der Waals surface area contributed by atoms with Gasteiger partial charge in [-0.15, -0.1) is 0 Å². The molecule has 0 aromatic rings. The Morgan fingerprint density at radius 3 is 2.48 bits per heavy atom. The van der Waals surface area contributed by atoms with Gasteiger partial charge in [0.05, 0.1) is 11.0 Å². The van der Waals surface area contributed by atoms with Crippen LogP contribution in [-0.4, -0.2) is 38.0 Å². The molecule has 3 fully saturated rings. The van der Waals surface area contributed by atoms with Crippen molar-refractivity contribution >= 4 is 15.9 Å². The summed E-state index contributed by atoms with van der Waals surface area (Å²) in [5, 5.41) is 5.38. The van der Waals surface area contributed by atoms with Crippen LogP contribution >= 0.6 is 0 Å². The smallest absolute Gasteiger partial charge is 0.315 e. The molecule has 2 aliphatic carbocycles. The highest BCUT2D eigenvalue weighted by Crippen LogP contribution is 2.44. The minimum absolute atomic E-state index is 0.194. The van der Waals surface area contributed by atoms with Gasteiger partial charge < -0.3 is 10.6 Å². The van der Waals surface area contributed by atoms with E-state index in [1.807, 2.05) is 0 Å². The zero-order chi connectivity index (χ0) is 14.9. The van der Waals surface area contributed by atoms with Crippen molar-refractivity contribution in [2.75, 3.05) is 12.3 Å². The molecule has 0 aromatic carbocycles. The molecule has 0 spiro atoms. The largest absolute Gasteiger partial charge is 0.337 e. The molecule has 21 heavy (non-hydrogen) atoms. The first kappa shape index (κ1) is 15.1. The lowest BCUT2D eigenvalue weighted by Crippen LogP contribution is -2.42. The van der Waals surface area contributed by atoms with Crippen LogP contribution in [0.25, 0.3) is 0 Å². The molecule has 3 atom stereocenters. The van der Waals surface area contributed by atoms with E-state index in [9.17, 15) is 13.2 Å². The average Bonchev–Trinajstić information content (AvgIpc) is 3.13. The summed E-state index contributed by atoms with van der Waals surface area (Å²) < 4.78 is 23.4. The van der Waals surface area contributed by atoms with Gasteiger partial charge in [0.2, 0.25) is 0 Å². The summed E-state index contributed by atoms with van der Waals surface area (Å²) >= 11 is 0. The molecule has 3 unspecified atom stereocenters. The highest BCUT2D eigenvalue weighted by Gasteiger charge is 2.43. The second-order valence-corrected chi connectivity index (χ2v) is 9.29. The minimum atomic E-state index is -2.97. The number of urea groups is 1. The van der Waals surface area contributed by atoms with Crippen LogP contribution in [0, 0.1) is 11.8 Å². The van der Waals surface area contributed by atoms with Crippen LogP contribution in [0.15, 0.2) is 0 Å². The molecule has 3 rings (SSSR count). The lowest BCUT2D eigenvalue weighted by Gasteiger charge is -2.21. The molecule has 6 heteroatoms. The van der Waals surface area contributed by atoms with Crippen molar-refractivity contribution in [2.45, 2.75) is 62.7 Å². The van der Waals surface area contributed by atoms with E-state index in [1.165, 1.54) is 32.1 Å². The Labute approximate surface area is 127 Å². The van der Waals surface area contributed by atoms with Crippen LogP contribution in [0.2, 0.25) is 0 Å². The fourth-order valence-corrected chi connectivity index (χ4v) is 5.74. The van der Waals surface area contributed by atoms with Gasteiger partial charge in [0.1, 0.15) is 0 Å². The van der Waals surface area contributed by atoms with Gasteiger partial charge in [-0.25, -0.2) is 13.2 Å². The first-order valence-corrected chi connectivity index (χ1v) is 10.0. The van der Waals surface area contributed by atoms with Gasteiger partial charge in [-0.2, -0.15) is 0 Å². The number of hydrogen-bond acceptors (Lipinski definition) is 3. The van der Waals surface area contributed by atoms with Crippen molar-refractivity contribution in [3.63, 3.8) is 0 Å². The molecule has 0 aromatic heterocycles. The Kier molecular flexibility index (Phi) is 4.43. The van der Waals surface area contributed by atoms with Crippen molar-refractivity contribution < 1.29 is 13.2 Å². The number of rotatable bonds is 4. The standard InChI is InChI=1S/C15H26N2O3S/c18-15(16-10-12-7-4-8-21(12,19)20)17-14-9-13(14)11-5-2-1-3-6-11/h11-14H,1-10H2,(H2,16,17,18). The highest BCUT2D eigenvalue weighted by molar-refractivity contribution is 7.92. The monoisotopic (exact) mass is 314 g/mol. The van der Waals surface area contributed by atoms with Gasteiger partial charge in [-0.1, -0.05) is 32.1 Å². The number of carbonyl (C=O) groups is 1. The van der Waals surface area contributed by atoms with E-state index < -0.39 is 9.84 Å². The van der Waals surface area contributed by atoms with Crippen LogP contribution in [0.3, 0.4) is 0 Å². The van der Waals surface area contributed by atoms with E-state index in [0.29, 0.717) is 18.4 Å². The summed E-state index contributed by atoms with van der Waals surface area (Å²) in [5.41, 5.74) is 0. The Hall–Kier alpha value is -0.780. The molecular formula is C15H26N2O3S. The van der Waals surface area contributed by atoms with E-state index in [4.69, 9.17) is 0 Å².